The second-order valence-corrected chi connectivity index (χ2v) is 8.06. The van der Waals surface area contributed by atoms with Crippen molar-refractivity contribution in [3.05, 3.63) is 117 Å². The molecule has 0 amide bonds. The molecule has 0 aliphatic heterocycles. The molecule has 0 aromatic heterocycles. The summed E-state index contributed by atoms with van der Waals surface area (Å²) in [5, 5.41) is 15.5. The quantitative estimate of drug-likeness (QED) is 0.181. The maximum atomic E-state index is 13.7. The normalized spacial score (nSPS) is 10.6. The number of nitro groups is 1. The lowest BCUT2D eigenvalue weighted by atomic mass is 9.87. The van der Waals surface area contributed by atoms with Crippen LogP contribution in [-0.2, 0) is 0 Å². The van der Waals surface area contributed by atoms with E-state index in [1.165, 1.54) is 0 Å². The van der Waals surface area contributed by atoms with Crippen molar-refractivity contribution in [2.24, 2.45) is 0 Å². The molecule has 4 aromatic carbocycles. The molecule has 0 aliphatic rings. The molecule has 0 aliphatic carbocycles. The first-order valence-corrected chi connectivity index (χ1v) is 10.7. The van der Waals surface area contributed by atoms with Gasteiger partial charge in [0.25, 0.3) is 5.69 Å². The first-order chi connectivity index (χ1) is 15.5. The number of rotatable bonds is 6. The molecule has 0 radical (unpaired) electrons. The van der Waals surface area contributed by atoms with Crippen LogP contribution >= 0.6 is 15.9 Å². The highest BCUT2D eigenvalue weighted by molar-refractivity contribution is 9.10. The summed E-state index contributed by atoms with van der Waals surface area (Å²) >= 11 is 3.38. The lowest BCUT2D eigenvalue weighted by Gasteiger charge is -2.18. The van der Waals surface area contributed by atoms with Crippen molar-refractivity contribution in [2.45, 2.75) is 0 Å². The van der Waals surface area contributed by atoms with Crippen LogP contribution in [0.3, 0.4) is 0 Å². The molecule has 0 bridgehead atoms. The maximum Gasteiger partial charge on any atom is 0.285 e. The van der Waals surface area contributed by atoms with Gasteiger partial charge in [-0.05, 0) is 41.5 Å². The van der Waals surface area contributed by atoms with Crippen LogP contribution in [0.15, 0.2) is 95.5 Å². The Hall–Kier alpha value is -3.77. The van der Waals surface area contributed by atoms with Crippen LogP contribution in [0.25, 0.3) is 22.3 Å². The number of carbonyl (C=O) groups is 1. The maximum absolute atomic E-state index is 13.7. The van der Waals surface area contributed by atoms with Crippen molar-refractivity contribution in [2.75, 3.05) is 12.4 Å². The molecule has 158 valence electrons. The van der Waals surface area contributed by atoms with Crippen LogP contribution in [0.1, 0.15) is 15.9 Å². The van der Waals surface area contributed by atoms with Crippen LogP contribution < -0.4 is 5.32 Å². The van der Waals surface area contributed by atoms with Gasteiger partial charge in [0.05, 0.1) is 21.6 Å². The van der Waals surface area contributed by atoms with Gasteiger partial charge >= 0.3 is 0 Å². The van der Waals surface area contributed by atoms with Crippen LogP contribution in [0.2, 0.25) is 0 Å². The van der Waals surface area contributed by atoms with E-state index in [2.05, 4.69) is 21.2 Å². The van der Waals surface area contributed by atoms with Gasteiger partial charge < -0.3 is 5.32 Å². The van der Waals surface area contributed by atoms with E-state index in [-0.39, 0.29) is 17.0 Å². The van der Waals surface area contributed by atoms with Gasteiger partial charge in [0.1, 0.15) is 0 Å². The van der Waals surface area contributed by atoms with Gasteiger partial charge in [0.15, 0.2) is 5.78 Å². The Bertz CT molecular complexity index is 1290. The Balaban J connectivity index is 2.11. The Kier molecular flexibility index (Phi) is 6.14. The number of benzene rings is 4. The number of nitro benzene ring substituents is 1. The minimum Gasteiger partial charge on any atom is -0.387 e. The molecule has 4 aromatic rings. The minimum absolute atomic E-state index is 0.0955. The Morgan fingerprint density at radius 3 is 1.97 bits per heavy atom. The van der Waals surface area contributed by atoms with Gasteiger partial charge in [-0.3, -0.25) is 14.9 Å². The summed E-state index contributed by atoms with van der Waals surface area (Å²) in [6, 6.07) is 26.9. The third-order valence-electron chi connectivity index (χ3n) is 5.23. The molecule has 0 saturated carbocycles. The summed E-state index contributed by atoms with van der Waals surface area (Å²) in [4.78, 5) is 25.7. The molecular formula is C26H19BrN2O3. The van der Waals surface area contributed by atoms with E-state index >= 15 is 0 Å². The summed E-state index contributed by atoms with van der Waals surface area (Å²) in [7, 11) is 1.71. The van der Waals surface area contributed by atoms with E-state index < -0.39 is 4.92 Å². The summed E-state index contributed by atoms with van der Waals surface area (Å²) in [5.41, 5.74) is 3.21. The Labute approximate surface area is 194 Å². The lowest BCUT2D eigenvalue weighted by Crippen LogP contribution is -2.11. The van der Waals surface area contributed by atoms with Gasteiger partial charge in [-0.1, -0.05) is 76.6 Å². The van der Waals surface area contributed by atoms with E-state index in [1.54, 1.807) is 61.6 Å². The van der Waals surface area contributed by atoms with Crippen molar-refractivity contribution >= 4 is 33.1 Å². The number of ketones is 1. The van der Waals surface area contributed by atoms with Crippen LogP contribution in [-0.4, -0.2) is 17.8 Å². The number of anilines is 1. The predicted molar refractivity (Wildman–Crippen MR) is 131 cm³/mol. The van der Waals surface area contributed by atoms with Crippen molar-refractivity contribution in [1.29, 1.82) is 0 Å². The summed E-state index contributed by atoms with van der Waals surface area (Å²) in [6.07, 6.45) is 0. The second kappa shape index (κ2) is 9.16. The molecular weight excluding hydrogens is 468 g/mol. The largest absolute Gasteiger partial charge is 0.387 e. The van der Waals surface area contributed by atoms with Gasteiger partial charge in [-0.15, -0.1) is 0 Å². The van der Waals surface area contributed by atoms with E-state index in [0.29, 0.717) is 33.5 Å². The third-order valence-corrected chi connectivity index (χ3v) is 5.76. The lowest BCUT2D eigenvalue weighted by molar-refractivity contribution is -0.383. The average Bonchev–Trinajstić information content (AvgIpc) is 2.83. The van der Waals surface area contributed by atoms with Gasteiger partial charge in [0, 0.05) is 22.8 Å². The van der Waals surface area contributed by atoms with E-state index in [4.69, 9.17) is 0 Å². The number of nitrogens with one attached hydrogen (secondary N) is 1. The fourth-order valence-electron chi connectivity index (χ4n) is 3.76. The highest BCUT2D eigenvalue weighted by atomic mass is 79.9. The van der Waals surface area contributed by atoms with Crippen LogP contribution in [0.5, 0.6) is 0 Å². The van der Waals surface area contributed by atoms with Crippen molar-refractivity contribution in [1.82, 2.24) is 0 Å². The minimum atomic E-state index is -0.400. The standard InChI is InChI=1S/C26H19BrN2O3/c1-28-22-16-21(17-8-4-2-5-9-17)25(29(31)32)23(18-10-6-3-7-11-18)24(22)26(30)19-12-14-20(27)15-13-19/h2-16,28H,1H3. The zero-order valence-electron chi connectivity index (χ0n) is 17.2. The first-order valence-electron chi connectivity index (χ1n) is 9.95. The van der Waals surface area contributed by atoms with Gasteiger partial charge in [-0.2, -0.15) is 0 Å². The number of halogens is 1. The number of carbonyl (C=O) groups excluding carboxylic acids is 1. The smallest absolute Gasteiger partial charge is 0.285 e. The molecule has 4 rings (SSSR count). The average molecular weight is 487 g/mol. The second-order valence-electron chi connectivity index (χ2n) is 7.15. The van der Waals surface area contributed by atoms with Crippen molar-refractivity contribution in [3.63, 3.8) is 0 Å². The number of hydrogen-bond acceptors (Lipinski definition) is 4. The molecule has 5 nitrogen and oxygen atoms in total. The fourth-order valence-corrected chi connectivity index (χ4v) is 4.03. The highest BCUT2D eigenvalue weighted by Gasteiger charge is 2.31. The molecule has 0 fully saturated rings. The number of hydrogen-bond donors (Lipinski definition) is 1. The van der Waals surface area contributed by atoms with Crippen molar-refractivity contribution in [3.8, 4) is 22.3 Å². The summed E-state index contributed by atoms with van der Waals surface area (Å²) in [6.45, 7) is 0. The molecule has 0 spiro atoms. The zero-order valence-corrected chi connectivity index (χ0v) is 18.8. The monoisotopic (exact) mass is 486 g/mol. The molecule has 32 heavy (non-hydrogen) atoms. The molecule has 0 heterocycles. The Morgan fingerprint density at radius 2 is 1.44 bits per heavy atom. The molecule has 0 atom stereocenters. The topological polar surface area (TPSA) is 72.2 Å². The van der Waals surface area contributed by atoms with E-state index in [9.17, 15) is 14.9 Å². The van der Waals surface area contributed by atoms with Crippen LogP contribution in [0, 0.1) is 10.1 Å². The van der Waals surface area contributed by atoms with Crippen LogP contribution in [0.4, 0.5) is 11.4 Å². The van der Waals surface area contributed by atoms with E-state index in [0.717, 1.165) is 4.47 Å². The van der Waals surface area contributed by atoms with Crippen molar-refractivity contribution < 1.29 is 9.72 Å². The molecule has 1 N–H and O–H groups in total. The predicted octanol–water partition coefficient (Wildman–Crippen LogP) is 6.96. The van der Waals surface area contributed by atoms with E-state index in [1.807, 2.05) is 36.4 Å². The summed E-state index contributed by atoms with van der Waals surface area (Å²) < 4.78 is 0.844. The molecule has 6 heteroatoms. The highest BCUT2D eigenvalue weighted by Crippen LogP contribution is 2.45. The first kappa shape index (κ1) is 21.5. The molecule has 0 unspecified atom stereocenters. The Morgan fingerprint density at radius 1 is 0.875 bits per heavy atom. The van der Waals surface area contributed by atoms with Gasteiger partial charge in [0.2, 0.25) is 0 Å². The third kappa shape index (κ3) is 4.05. The molecule has 0 saturated heterocycles. The SMILES string of the molecule is CNc1cc(-c2ccccc2)c([N+](=O)[O-])c(-c2ccccc2)c1C(=O)c1ccc(Br)cc1. The number of nitrogens with zero attached hydrogens (tertiary/aromatic N) is 1. The van der Waals surface area contributed by atoms with Gasteiger partial charge in [-0.25, -0.2) is 0 Å². The summed E-state index contributed by atoms with van der Waals surface area (Å²) in [5.74, 6) is -0.289. The fraction of sp³-hybridized carbons (Fsp3) is 0.0385. The zero-order chi connectivity index (χ0) is 22.7.